The topological polar surface area (TPSA) is 71.2 Å². The Morgan fingerprint density at radius 2 is 1.79 bits per heavy atom. The molecule has 1 aliphatic heterocycles. The minimum Gasteiger partial charge on any atom is -0.507 e. The molecule has 2 heterocycles. The number of fused-ring (bicyclic) bond motifs is 1. The molecule has 0 bridgehead atoms. The Hall–Kier alpha value is -2.54. The lowest BCUT2D eigenvalue weighted by atomic mass is 9.98. The van der Waals surface area contributed by atoms with E-state index in [1.807, 2.05) is 46.8 Å². The van der Waals surface area contributed by atoms with Gasteiger partial charge in [0.05, 0.1) is 11.3 Å². The van der Waals surface area contributed by atoms with Crippen LogP contribution in [0.2, 0.25) is 0 Å². The van der Waals surface area contributed by atoms with Crippen LogP contribution in [0.3, 0.4) is 0 Å². The number of carbonyl (C=O) groups excluding carboxylic acids is 1. The average Bonchev–Trinajstić information content (AvgIpc) is 3.06. The molecule has 1 fully saturated rings. The molecule has 2 atom stereocenters. The lowest BCUT2D eigenvalue weighted by molar-refractivity contribution is -0.134. The van der Waals surface area contributed by atoms with Crippen LogP contribution in [0.25, 0.3) is 22.2 Å². The maximum atomic E-state index is 12.8. The number of nitrogens with zero attached hydrogens (tertiary/aromatic N) is 4. The second-order valence-corrected chi connectivity index (χ2v) is 8.74. The number of piperidine rings is 1. The highest BCUT2D eigenvalue weighted by atomic mass is 32.2. The van der Waals surface area contributed by atoms with Gasteiger partial charge in [0, 0.05) is 19.1 Å². The number of rotatable bonds is 4. The molecule has 1 N–H and O–H groups in total. The highest BCUT2D eigenvalue weighted by Crippen LogP contribution is 2.33. The van der Waals surface area contributed by atoms with E-state index in [0.29, 0.717) is 22.3 Å². The number of thioether (sulfide) groups is 1. The van der Waals surface area contributed by atoms with Crippen LogP contribution in [0, 0.1) is 0 Å². The van der Waals surface area contributed by atoms with Crippen molar-refractivity contribution in [1.82, 2.24) is 19.7 Å². The molecule has 7 heteroatoms. The summed E-state index contributed by atoms with van der Waals surface area (Å²) in [5.41, 5.74) is 0.634. The molecule has 29 heavy (non-hydrogen) atoms. The summed E-state index contributed by atoms with van der Waals surface area (Å²) in [6.07, 6.45) is 3.31. The Bertz CT molecular complexity index is 1040. The first kappa shape index (κ1) is 19.8. The van der Waals surface area contributed by atoms with Crippen molar-refractivity contribution in [2.45, 2.75) is 50.4 Å². The molecule has 6 nitrogen and oxygen atoms in total. The van der Waals surface area contributed by atoms with Crippen LogP contribution in [-0.2, 0) is 11.8 Å². The second-order valence-electron chi connectivity index (χ2n) is 7.80. The molecule has 0 saturated carbocycles. The number of benzene rings is 2. The molecule has 0 aliphatic carbocycles. The van der Waals surface area contributed by atoms with Gasteiger partial charge in [-0.1, -0.05) is 36.0 Å². The molecule has 0 spiro atoms. The quantitative estimate of drug-likeness (QED) is 0.652. The third kappa shape index (κ3) is 3.83. The van der Waals surface area contributed by atoms with Crippen LogP contribution in [0.15, 0.2) is 41.6 Å². The van der Waals surface area contributed by atoms with Gasteiger partial charge in [0.15, 0.2) is 11.0 Å². The predicted octanol–water partition coefficient (Wildman–Crippen LogP) is 4.22. The molecule has 1 saturated heterocycles. The lowest BCUT2D eigenvalue weighted by Gasteiger charge is -2.39. The maximum Gasteiger partial charge on any atom is 0.233 e. The van der Waals surface area contributed by atoms with Crippen molar-refractivity contribution >= 4 is 28.4 Å². The lowest BCUT2D eigenvalue weighted by Crippen LogP contribution is -2.48. The van der Waals surface area contributed by atoms with E-state index in [2.05, 4.69) is 24.0 Å². The Morgan fingerprint density at radius 3 is 2.48 bits per heavy atom. The van der Waals surface area contributed by atoms with Gasteiger partial charge in [-0.2, -0.15) is 0 Å². The smallest absolute Gasteiger partial charge is 0.233 e. The summed E-state index contributed by atoms with van der Waals surface area (Å²) in [5, 5.41) is 21.7. The summed E-state index contributed by atoms with van der Waals surface area (Å²) in [7, 11) is 1.86. The molecule has 3 aromatic rings. The van der Waals surface area contributed by atoms with Crippen LogP contribution in [0.5, 0.6) is 5.75 Å². The zero-order chi connectivity index (χ0) is 20.5. The van der Waals surface area contributed by atoms with Crippen molar-refractivity contribution in [3.8, 4) is 17.1 Å². The maximum absolute atomic E-state index is 12.8. The SMILES string of the molecule is C[C@@H]1CCC[C@H](C)N1C(=O)CSc1nnc(-c2cc3ccccc3cc2O)n1C. The van der Waals surface area contributed by atoms with Crippen LogP contribution in [-0.4, -0.2) is 48.5 Å². The molecular weight excluding hydrogens is 384 g/mol. The van der Waals surface area contributed by atoms with Gasteiger partial charge in [-0.15, -0.1) is 10.2 Å². The van der Waals surface area contributed by atoms with E-state index in [4.69, 9.17) is 0 Å². The van der Waals surface area contributed by atoms with Crippen LogP contribution >= 0.6 is 11.8 Å². The Morgan fingerprint density at radius 1 is 1.14 bits per heavy atom. The zero-order valence-corrected chi connectivity index (χ0v) is 17.8. The minimum atomic E-state index is 0.146. The number of aromatic nitrogens is 3. The zero-order valence-electron chi connectivity index (χ0n) is 17.0. The van der Waals surface area contributed by atoms with Gasteiger partial charge in [-0.05, 0) is 56.0 Å². The van der Waals surface area contributed by atoms with Crippen LogP contribution in [0.4, 0.5) is 0 Å². The van der Waals surface area contributed by atoms with E-state index in [-0.39, 0.29) is 23.7 Å². The summed E-state index contributed by atoms with van der Waals surface area (Å²) in [6, 6.07) is 12.1. The molecule has 2 aromatic carbocycles. The first-order valence-electron chi connectivity index (χ1n) is 10.0. The molecule has 1 amide bonds. The average molecular weight is 411 g/mol. The van der Waals surface area contributed by atoms with E-state index < -0.39 is 0 Å². The number of aromatic hydroxyl groups is 1. The Kier molecular flexibility index (Phi) is 5.50. The molecule has 1 aliphatic rings. The fraction of sp³-hybridized carbons (Fsp3) is 0.409. The minimum absolute atomic E-state index is 0.146. The van der Waals surface area contributed by atoms with Crippen molar-refractivity contribution in [3.63, 3.8) is 0 Å². The molecular formula is C22H26N4O2S. The molecule has 4 rings (SSSR count). The first-order chi connectivity index (χ1) is 14.0. The molecule has 1 aromatic heterocycles. The number of hydrogen-bond acceptors (Lipinski definition) is 5. The fourth-order valence-electron chi connectivity index (χ4n) is 4.20. The van der Waals surface area contributed by atoms with Gasteiger partial charge in [0.1, 0.15) is 5.75 Å². The largest absolute Gasteiger partial charge is 0.507 e. The first-order valence-corrected chi connectivity index (χ1v) is 11.0. The monoisotopic (exact) mass is 410 g/mol. The van der Waals surface area contributed by atoms with Crippen molar-refractivity contribution in [3.05, 3.63) is 36.4 Å². The van der Waals surface area contributed by atoms with Gasteiger partial charge in [-0.25, -0.2) is 0 Å². The van der Waals surface area contributed by atoms with Crippen molar-refractivity contribution in [2.75, 3.05) is 5.75 Å². The summed E-state index contributed by atoms with van der Waals surface area (Å²) in [6.45, 7) is 4.25. The van der Waals surface area contributed by atoms with Gasteiger partial charge < -0.3 is 14.6 Å². The van der Waals surface area contributed by atoms with E-state index in [1.54, 1.807) is 6.07 Å². The standard InChI is InChI=1S/C22H26N4O2S/c1-14-7-6-8-15(2)26(14)20(28)13-29-22-24-23-21(25(22)3)18-11-16-9-4-5-10-17(16)12-19(18)27/h4-5,9-12,14-15,27H,6-8,13H2,1-3H3/t14-,15+. The van der Waals surface area contributed by atoms with E-state index in [0.717, 1.165) is 23.6 Å². The second kappa shape index (κ2) is 8.06. The summed E-state index contributed by atoms with van der Waals surface area (Å²) < 4.78 is 1.84. The normalized spacial score (nSPS) is 19.6. The Balaban J connectivity index is 1.53. The number of carbonyl (C=O) groups is 1. The molecule has 0 unspecified atom stereocenters. The predicted molar refractivity (Wildman–Crippen MR) is 116 cm³/mol. The number of likely N-dealkylation sites (tertiary alicyclic amines) is 1. The van der Waals surface area contributed by atoms with Crippen LogP contribution in [0.1, 0.15) is 33.1 Å². The number of phenolic OH excluding ortho intramolecular Hbond substituents is 1. The third-order valence-electron chi connectivity index (χ3n) is 5.75. The van der Waals surface area contributed by atoms with E-state index in [9.17, 15) is 9.90 Å². The highest BCUT2D eigenvalue weighted by Gasteiger charge is 2.29. The van der Waals surface area contributed by atoms with Crippen LogP contribution < -0.4 is 0 Å². The fourth-order valence-corrected chi connectivity index (χ4v) is 4.98. The summed E-state index contributed by atoms with van der Waals surface area (Å²) in [5.74, 6) is 1.24. The molecule has 0 radical (unpaired) electrons. The van der Waals surface area contributed by atoms with Gasteiger partial charge in [-0.3, -0.25) is 4.79 Å². The summed E-state index contributed by atoms with van der Waals surface area (Å²) in [4.78, 5) is 14.8. The highest BCUT2D eigenvalue weighted by molar-refractivity contribution is 7.99. The summed E-state index contributed by atoms with van der Waals surface area (Å²) >= 11 is 1.39. The van der Waals surface area contributed by atoms with Crippen molar-refractivity contribution in [1.29, 1.82) is 0 Å². The van der Waals surface area contributed by atoms with Crippen molar-refractivity contribution in [2.24, 2.45) is 7.05 Å². The van der Waals surface area contributed by atoms with Gasteiger partial charge in [0.2, 0.25) is 5.91 Å². The van der Waals surface area contributed by atoms with Crippen molar-refractivity contribution < 1.29 is 9.90 Å². The molecule has 152 valence electrons. The number of hydrogen-bond donors (Lipinski definition) is 1. The number of phenols is 1. The number of amides is 1. The van der Waals surface area contributed by atoms with E-state index >= 15 is 0 Å². The third-order valence-corrected chi connectivity index (χ3v) is 6.75. The van der Waals surface area contributed by atoms with Gasteiger partial charge >= 0.3 is 0 Å². The van der Waals surface area contributed by atoms with E-state index in [1.165, 1.54) is 18.2 Å². The Labute approximate surface area is 174 Å². The van der Waals surface area contributed by atoms with Gasteiger partial charge in [0.25, 0.3) is 0 Å².